The van der Waals surface area contributed by atoms with E-state index < -0.39 is 14.5 Å². The van der Waals surface area contributed by atoms with Crippen LogP contribution in [-0.2, 0) is 3.79 Å². The van der Waals surface area contributed by atoms with Gasteiger partial charge < -0.3 is 3.79 Å². The molecule has 0 heterocycles. The third-order valence-electron chi connectivity index (χ3n) is 2.85. The summed E-state index contributed by atoms with van der Waals surface area (Å²) in [4.78, 5) is 0. The Morgan fingerprint density at radius 2 is 1.67 bits per heavy atom. The van der Waals surface area contributed by atoms with Crippen LogP contribution in [0, 0.1) is 0 Å². The minimum absolute atomic E-state index is 0.648. The fourth-order valence-electron chi connectivity index (χ4n) is 1.95. The van der Waals surface area contributed by atoms with Crippen LogP contribution < -0.4 is 0 Å². The van der Waals surface area contributed by atoms with Crippen LogP contribution in [0.25, 0.3) is 0 Å². The largest absolute Gasteiger partial charge is 0.498 e. The van der Waals surface area contributed by atoms with E-state index in [1.165, 1.54) is 42.7 Å². The van der Waals surface area contributed by atoms with E-state index in [2.05, 4.69) is 13.8 Å². The maximum atomic E-state index is 6.13. The van der Waals surface area contributed by atoms with Gasteiger partial charge in [-0.1, -0.05) is 43.7 Å². The third-order valence-corrected chi connectivity index (χ3v) is 5.44. The molecule has 2 heteroatoms. The van der Waals surface area contributed by atoms with Crippen molar-refractivity contribution in [3.63, 3.8) is 0 Å². The second kappa shape index (κ2) is 6.02. The zero-order chi connectivity index (χ0) is 8.81. The molecule has 0 spiro atoms. The lowest BCUT2D eigenvalue weighted by Gasteiger charge is -2.25. The van der Waals surface area contributed by atoms with Crippen molar-refractivity contribution in [2.24, 2.45) is 0 Å². The van der Waals surface area contributed by atoms with Crippen LogP contribution >= 0.6 is 0 Å². The Morgan fingerprint density at radius 3 is 2.17 bits per heavy atom. The van der Waals surface area contributed by atoms with E-state index in [0.717, 1.165) is 0 Å². The molecule has 0 N–H and O–H groups in total. The summed E-state index contributed by atoms with van der Waals surface area (Å²) in [7, 11) is 0. The first-order valence-corrected chi connectivity index (χ1v) is 7.62. The minimum Gasteiger partial charge on any atom is -0.498 e. The Labute approximate surface area is 81.2 Å². The molecule has 1 saturated carbocycles. The Balaban J connectivity index is 2.18. The lowest BCUT2D eigenvalue weighted by molar-refractivity contribution is 0.153. The lowest BCUT2D eigenvalue weighted by Crippen LogP contribution is -2.26. The van der Waals surface area contributed by atoms with E-state index in [1.807, 2.05) is 0 Å². The van der Waals surface area contributed by atoms with Gasteiger partial charge in [-0.25, -0.2) is 0 Å². The van der Waals surface area contributed by atoms with Crippen LogP contribution in [0.2, 0.25) is 10.6 Å². The normalized spacial score (nSPS) is 19.5. The summed E-state index contributed by atoms with van der Waals surface area (Å²) in [5.74, 6) is 0. The first-order valence-electron chi connectivity index (χ1n) is 5.52. The zero-order valence-electron chi connectivity index (χ0n) is 8.51. The van der Waals surface area contributed by atoms with E-state index in [1.54, 1.807) is 0 Å². The van der Waals surface area contributed by atoms with Crippen molar-refractivity contribution in [1.29, 1.82) is 0 Å². The Morgan fingerprint density at radius 1 is 1.08 bits per heavy atom. The van der Waals surface area contributed by atoms with Crippen molar-refractivity contribution in [1.82, 2.24) is 0 Å². The minimum atomic E-state index is -0.765. The summed E-state index contributed by atoms with van der Waals surface area (Å²) in [6, 6.07) is 0. The standard InChI is InChI=1S/C6H11O.2C2H5.Al/c7-6-4-2-1-3-5-6;2*1-2;/h6H,1-5H2;2*1H2,2H3;/q-1;;;+1. The first kappa shape index (κ1) is 10.6. The van der Waals surface area contributed by atoms with Gasteiger partial charge in [0.15, 0.2) is 0 Å². The smallest absolute Gasteiger partial charge is 0.460 e. The topological polar surface area (TPSA) is 9.23 Å². The zero-order valence-corrected chi connectivity index (χ0v) is 9.67. The van der Waals surface area contributed by atoms with Gasteiger partial charge >= 0.3 is 14.5 Å². The highest BCUT2D eigenvalue weighted by molar-refractivity contribution is 6.51. The van der Waals surface area contributed by atoms with Gasteiger partial charge in [-0.05, 0) is 12.8 Å². The number of hydrogen-bond donors (Lipinski definition) is 0. The maximum Gasteiger partial charge on any atom is 0.460 e. The van der Waals surface area contributed by atoms with E-state index in [4.69, 9.17) is 3.79 Å². The predicted molar refractivity (Wildman–Crippen MR) is 54.7 cm³/mol. The van der Waals surface area contributed by atoms with E-state index in [0.29, 0.717) is 6.10 Å². The van der Waals surface area contributed by atoms with E-state index in [-0.39, 0.29) is 0 Å². The average Bonchev–Trinajstić information content (AvgIpc) is 2.16. The van der Waals surface area contributed by atoms with Gasteiger partial charge in [-0.3, -0.25) is 0 Å². The highest BCUT2D eigenvalue weighted by Gasteiger charge is 2.21. The first-order chi connectivity index (χ1) is 5.86. The molecule has 1 aliphatic carbocycles. The number of rotatable bonds is 4. The molecule has 0 saturated heterocycles. The summed E-state index contributed by atoms with van der Waals surface area (Å²) < 4.78 is 6.13. The van der Waals surface area contributed by atoms with Crippen molar-refractivity contribution < 1.29 is 3.79 Å². The highest BCUT2D eigenvalue weighted by Crippen LogP contribution is 2.21. The lowest BCUT2D eigenvalue weighted by atomic mass is 9.98. The summed E-state index contributed by atoms with van der Waals surface area (Å²) >= 11 is -0.765. The second-order valence-electron chi connectivity index (χ2n) is 3.83. The van der Waals surface area contributed by atoms with Crippen molar-refractivity contribution >= 4 is 14.5 Å². The summed E-state index contributed by atoms with van der Waals surface area (Å²) in [5.41, 5.74) is 0. The summed E-state index contributed by atoms with van der Waals surface area (Å²) in [6.07, 6.45) is 7.56. The van der Waals surface area contributed by atoms with Crippen LogP contribution in [0.15, 0.2) is 0 Å². The predicted octanol–water partition coefficient (Wildman–Crippen LogP) is 3.37. The van der Waals surface area contributed by atoms with Crippen molar-refractivity contribution in [3.05, 3.63) is 0 Å². The Kier molecular flexibility index (Phi) is 5.31. The van der Waals surface area contributed by atoms with Crippen LogP contribution in [0.1, 0.15) is 46.0 Å². The Hall–Kier alpha value is 0.492. The SMILES string of the molecule is C[CH2][Al]([CH2]C)[O]C1CCCCC1. The molecule has 70 valence electrons. The Bertz CT molecular complexity index is 106. The van der Waals surface area contributed by atoms with Gasteiger partial charge in [0.05, 0.1) is 0 Å². The molecule has 0 aliphatic heterocycles. The molecule has 0 atom stereocenters. The van der Waals surface area contributed by atoms with Gasteiger partial charge in [0.2, 0.25) is 0 Å². The van der Waals surface area contributed by atoms with Crippen LogP contribution in [-0.4, -0.2) is 20.6 Å². The maximum absolute atomic E-state index is 6.13. The molecule has 1 aliphatic rings. The molecular weight excluding hydrogens is 163 g/mol. The molecular formula is C10H21AlO. The fourth-order valence-corrected chi connectivity index (χ4v) is 3.73. The van der Waals surface area contributed by atoms with Gasteiger partial charge in [-0.15, -0.1) is 0 Å². The quantitative estimate of drug-likeness (QED) is 0.609. The van der Waals surface area contributed by atoms with Crippen LogP contribution in [0.4, 0.5) is 0 Å². The summed E-state index contributed by atoms with van der Waals surface area (Å²) in [6.45, 7) is 4.56. The van der Waals surface area contributed by atoms with Gasteiger partial charge in [0.1, 0.15) is 0 Å². The molecule has 12 heavy (non-hydrogen) atoms. The van der Waals surface area contributed by atoms with Crippen LogP contribution in [0.3, 0.4) is 0 Å². The average molecular weight is 184 g/mol. The fraction of sp³-hybridized carbons (Fsp3) is 1.00. The molecule has 0 amide bonds. The molecule has 0 aromatic carbocycles. The van der Waals surface area contributed by atoms with Crippen molar-refractivity contribution in [2.45, 2.75) is 62.6 Å². The van der Waals surface area contributed by atoms with Crippen molar-refractivity contribution in [3.8, 4) is 0 Å². The van der Waals surface area contributed by atoms with Crippen molar-refractivity contribution in [2.75, 3.05) is 0 Å². The van der Waals surface area contributed by atoms with Gasteiger partial charge in [-0.2, -0.15) is 0 Å². The highest BCUT2D eigenvalue weighted by atomic mass is 27.2. The van der Waals surface area contributed by atoms with Gasteiger partial charge in [0.25, 0.3) is 0 Å². The third kappa shape index (κ3) is 3.48. The monoisotopic (exact) mass is 184 g/mol. The molecule has 0 aromatic heterocycles. The van der Waals surface area contributed by atoms with E-state index in [9.17, 15) is 0 Å². The molecule has 0 aromatic rings. The molecule has 0 radical (unpaired) electrons. The van der Waals surface area contributed by atoms with E-state index >= 15 is 0 Å². The molecule has 1 nitrogen and oxygen atoms in total. The van der Waals surface area contributed by atoms with Crippen LogP contribution in [0.5, 0.6) is 0 Å². The molecule has 1 rings (SSSR count). The van der Waals surface area contributed by atoms with Gasteiger partial charge in [0, 0.05) is 6.10 Å². The number of hydrogen-bond acceptors (Lipinski definition) is 1. The molecule has 0 bridgehead atoms. The summed E-state index contributed by atoms with van der Waals surface area (Å²) in [5, 5.41) is 2.62. The molecule has 0 unspecified atom stereocenters. The molecule has 1 fully saturated rings. The second-order valence-corrected chi connectivity index (χ2v) is 6.98.